The molecule has 0 unspecified atom stereocenters. The SMILES string of the molecule is CSc1ccc(CN2C(=O)c3ccc(-c4ccco4)n3C[C@]2(C)C(=O)NC2CCCCC2)cc1. The Hall–Kier alpha value is -2.93. The molecule has 34 heavy (non-hydrogen) atoms. The van der Waals surface area contributed by atoms with Crippen LogP contribution in [0.5, 0.6) is 0 Å². The van der Waals surface area contributed by atoms with Crippen LogP contribution in [0.1, 0.15) is 55.1 Å². The van der Waals surface area contributed by atoms with Crippen LogP contribution in [0, 0.1) is 0 Å². The van der Waals surface area contributed by atoms with Crippen molar-refractivity contribution in [3.05, 3.63) is 66.1 Å². The highest BCUT2D eigenvalue weighted by atomic mass is 32.2. The molecule has 178 valence electrons. The predicted octanol–water partition coefficient (Wildman–Crippen LogP) is 5.33. The van der Waals surface area contributed by atoms with E-state index >= 15 is 0 Å². The van der Waals surface area contributed by atoms with Gasteiger partial charge in [0.25, 0.3) is 5.91 Å². The van der Waals surface area contributed by atoms with Crippen LogP contribution >= 0.6 is 11.8 Å². The van der Waals surface area contributed by atoms with E-state index in [1.165, 1.54) is 11.3 Å². The third-order valence-corrected chi connectivity index (χ3v) is 7.95. The third-order valence-electron chi connectivity index (χ3n) is 7.21. The first-order valence-electron chi connectivity index (χ1n) is 12.0. The molecule has 0 saturated heterocycles. The minimum atomic E-state index is -1.03. The van der Waals surface area contributed by atoms with Gasteiger partial charge in [0, 0.05) is 17.5 Å². The number of nitrogens with zero attached hydrogens (tertiary/aromatic N) is 2. The Bertz CT molecular complexity index is 1160. The van der Waals surface area contributed by atoms with Gasteiger partial charge in [-0.05, 0) is 68.0 Å². The first kappa shape index (κ1) is 22.8. The summed E-state index contributed by atoms with van der Waals surface area (Å²) in [5.74, 6) is 0.465. The van der Waals surface area contributed by atoms with Gasteiger partial charge in [-0.25, -0.2) is 0 Å². The number of furan rings is 1. The number of fused-ring (bicyclic) bond motifs is 1. The van der Waals surface area contributed by atoms with Gasteiger partial charge in [0.2, 0.25) is 5.91 Å². The van der Waals surface area contributed by atoms with Gasteiger partial charge < -0.3 is 19.2 Å². The van der Waals surface area contributed by atoms with Crippen molar-refractivity contribution in [3.8, 4) is 11.5 Å². The lowest BCUT2D eigenvalue weighted by Gasteiger charge is -2.45. The third kappa shape index (κ3) is 4.17. The number of nitrogens with one attached hydrogen (secondary N) is 1. The lowest BCUT2D eigenvalue weighted by Crippen LogP contribution is -2.64. The second kappa shape index (κ2) is 9.37. The molecule has 1 aromatic carbocycles. The second-order valence-electron chi connectivity index (χ2n) is 9.49. The zero-order valence-electron chi connectivity index (χ0n) is 19.8. The van der Waals surface area contributed by atoms with Crippen LogP contribution in [0.25, 0.3) is 11.5 Å². The Morgan fingerprint density at radius 2 is 1.82 bits per heavy atom. The largest absolute Gasteiger partial charge is 0.463 e. The second-order valence-corrected chi connectivity index (χ2v) is 10.4. The van der Waals surface area contributed by atoms with E-state index in [9.17, 15) is 9.59 Å². The van der Waals surface area contributed by atoms with Gasteiger partial charge in [-0.2, -0.15) is 0 Å². The van der Waals surface area contributed by atoms with Gasteiger partial charge in [0.05, 0.1) is 18.5 Å². The number of carbonyl (C=O) groups is 2. The van der Waals surface area contributed by atoms with Gasteiger partial charge >= 0.3 is 0 Å². The summed E-state index contributed by atoms with van der Waals surface area (Å²) >= 11 is 1.68. The normalized spacial score (nSPS) is 20.9. The van der Waals surface area contributed by atoms with Crippen LogP contribution in [0.2, 0.25) is 0 Å². The molecule has 0 radical (unpaired) electrons. The molecule has 1 saturated carbocycles. The van der Waals surface area contributed by atoms with Crippen LogP contribution in [-0.4, -0.2) is 39.1 Å². The highest BCUT2D eigenvalue weighted by Gasteiger charge is 2.48. The van der Waals surface area contributed by atoms with Crippen molar-refractivity contribution in [2.75, 3.05) is 6.26 Å². The van der Waals surface area contributed by atoms with E-state index in [2.05, 4.69) is 17.4 Å². The Kier molecular flexibility index (Phi) is 6.30. The molecule has 1 atom stereocenters. The van der Waals surface area contributed by atoms with Crippen molar-refractivity contribution >= 4 is 23.6 Å². The molecule has 5 rings (SSSR count). The quantitative estimate of drug-likeness (QED) is 0.487. The van der Waals surface area contributed by atoms with Crippen molar-refractivity contribution in [2.45, 2.75) is 68.6 Å². The van der Waals surface area contributed by atoms with Crippen molar-refractivity contribution in [3.63, 3.8) is 0 Å². The summed E-state index contributed by atoms with van der Waals surface area (Å²) in [5.41, 5.74) is 1.37. The van der Waals surface area contributed by atoms with E-state index in [-0.39, 0.29) is 17.9 Å². The summed E-state index contributed by atoms with van der Waals surface area (Å²) in [7, 11) is 0. The molecule has 0 spiro atoms. The topological polar surface area (TPSA) is 67.5 Å². The maximum atomic E-state index is 13.8. The Labute approximate surface area is 204 Å². The van der Waals surface area contributed by atoms with Gasteiger partial charge in [-0.3, -0.25) is 9.59 Å². The maximum absolute atomic E-state index is 13.8. The molecule has 3 aromatic rings. The number of benzene rings is 1. The van der Waals surface area contributed by atoms with Crippen LogP contribution in [0.4, 0.5) is 0 Å². The Morgan fingerprint density at radius 1 is 1.09 bits per heavy atom. The molecule has 0 bridgehead atoms. The Balaban J connectivity index is 1.51. The van der Waals surface area contributed by atoms with E-state index < -0.39 is 5.54 Å². The minimum Gasteiger partial charge on any atom is -0.463 e. The fourth-order valence-corrected chi connectivity index (χ4v) is 5.57. The van der Waals surface area contributed by atoms with E-state index in [1.807, 2.05) is 54.1 Å². The molecule has 7 heteroatoms. The highest BCUT2D eigenvalue weighted by molar-refractivity contribution is 7.98. The zero-order chi connectivity index (χ0) is 23.7. The Morgan fingerprint density at radius 3 is 2.50 bits per heavy atom. The zero-order valence-corrected chi connectivity index (χ0v) is 20.6. The first-order chi connectivity index (χ1) is 16.5. The van der Waals surface area contributed by atoms with Crippen molar-refractivity contribution in [2.24, 2.45) is 0 Å². The first-order valence-corrected chi connectivity index (χ1v) is 13.2. The van der Waals surface area contributed by atoms with Crippen molar-refractivity contribution in [1.29, 1.82) is 0 Å². The molecule has 1 N–H and O–H groups in total. The van der Waals surface area contributed by atoms with Gasteiger partial charge in [0.1, 0.15) is 17.0 Å². The molecule has 2 amide bonds. The number of hydrogen-bond donors (Lipinski definition) is 1. The molecule has 6 nitrogen and oxygen atoms in total. The summed E-state index contributed by atoms with van der Waals surface area (Å²) in [6, 6.07) is 15.8. The highest BCUT2D eigenvalue weighted by Crippen LogP contribution is 2.35. The van der Waals surface area contributed by atoms with E-state index in [1.54, 1.807) is 22.9 Å². The average Bonchev–Trinajstić information content (AvgIpc) is 3.53. The number of rotatable bonds is 6. The van der Waals surface area contributed by atoms with Crippen molar-refractivity contribution in [1.82, 2.24) is 14.8 Å². The predicted molar refractivity (Wildman–Crippen MR) is 134 cm³/mol. The van der Waals surface area contributed by atoms with Crippen LogP contribution in [0.3, 0.4) is 0 Å². The molecule has 2 aliphatic rings. The maximum Gasteiger partial charge on any atom is 0.271 e. The summed E-state index contributed by atoms with van der Waals surface area (Å²) in [5, 5.41) is 3.29. The van der Waals surface area contributed by atoms with E-state index in [0.717, 1.165) is 36.9 Å². The molecule has 1 aliphatic heterocycles. The smallest absolute Gasteiger partial charge is 0.271 e. The number of amides is 2. The molecular weight excluding hydrogens is 446 g/mol. The van der Waals surface area contributed by atoms with E-state index in [4.69, 9.17) is 4.42 Å². The number of aromatic nitrogens is 1. The monoisotopic (exact) mass is 477 g/mol. The fraction of sp³-hybridized carbons (Fsp3) is 0.407. The average molecular weight is 478 g/mol. The number of carbonyl (C=O) groups excluding carboxylic acids is 2. The lowest BCUT2D eigenvalue weighted by molar-refractivity contribution is -0.134. The summed E-state index contributed by atoms with van der Waals surface area (Å²) < 4.78 is 7.56. The van der Waals surface area contributed by atoms with Crippen LogP contribution in [0.15, 0.2) is 64.1 Å². The molecule has 3 heterocycles. The van der Waals surface area contributed by atoms with Gasteiger partial charge in [-0.15, -0.1) is 11.8 Å². The minimum absolute atomic E-state index is 0.0850. The van der Waals surface area contributed by atoms with Crippen molar-refractivity contribution < 1.29 is 14.0 Å². The summed E-state index contributed by atoms with van der Waals surface area (Å²) in [6.07, 6.45) is 9.16. The summed E-state index contributed by atoms with van der Waals surface area (Å²) in [4.78, 5) is 30.6. The molecule has 2 aromatic heterocycles. The van der Waals surface area contributed by atoms with Crippen LogP contribution in [-0.2, 0) is 17.9 Å². The number of hydrogen-bond acceptors (Lipinski definition) is 4. The standard InChI is InChI=1S/C27H31N3O3S/c1-27(26(32)28-20-7-4-3-5-8-20)18-29-22(24-9-6-16-33-24)14-15-23(29)25(31)30(27)17-19-10-12-21(34-2)13-11-19/h6,9-16,20H,3-5,7-8,17-18H2,1-2H3,(H,28,32)/t27-/m1/s1. The van der Waals surface area contributed by atoms with Gasteiger partial charge in [-0.1, -0.05) is 31.4 Å². The van der Waals surface area contributed by atoms with E-state index in [0.29, 0.717) is 24.5 Å². The number of thioether (sulfide) groups is 1. The molecule has 1 fully saturated rings. The fourth-order valence-electron chi connectivity index (χ4n) is 5.16. The molecule has 1 aliphatic carbocycles. The van der Waals surface area contributed by atoms with Gasteiger partial charge in [0.15, 0.2) is 0 Å². The molecular formula is C27H31N3O3S. The van der Waals surface area contributed by atoms with Crippen LogP contribution < -0.4 is 5.32 Å². The lowest BCUT2D eigenvalue weighted by atomic mass is 9.91. The summed E-state index contributed by atoms with van der Waals surface area (Å²) in [6.45, 7) is 2.65.